The van der Waals surface area contributed by atoms with E-state index < -0.39 is 16.4 Å². The molecule has 0 spiro atoms. The maximum Gasteiger partial charge on any atom is 0.262 e. The summed E-state index contributed by atoms with van der Waals surface area (Å²) in [4.78, 5) is 31.6. The van der Waals surface area contributed by atoms with Gasteiger partial charge in [0.1, 0.15) is 10.7 Å². The fourth-order valence-corrected chi connectivity index (χ4v) is 4.32. The Bertz CT molecular complexity index is 1100. The molecule has 0 radical (unpaired) electrons. The number of H-pyrrole nitrogens is 1. The largest absolute Gasteiger partial charge is 0.868 e. The first-order valence-corrected chi connectivity index (χ1v) is 8.52. The van der Waals surface area contributed by atoms with Crippen molar-refractivity contribution in [1.29, 1.82) is 0 Å². The van der Waals surface area contributed by atoms with Gasteiger partial charge in [0.05, 0.1) is 10.3 Å². The van der Waals surface area contributed by atoms with Crippen molar-refractivity contribution in [2.75, 3.05) is 0 Å². The third-order valence-corrected chi connectivity index (χ3v) is 5.39. The Morgan fingerprint density at radius 1 is 1.28 bits per heavy atom. The van der Waals surface area contributed by atoms with Crippen LogP contribution in [0.5, 0.6) is 5.75 Å². The molecule has 2 heterocycles. The monoisotopic (exact) mass is 354 g/mol. The highest BCUT2D eigenvalue weighted by molar-refractivity contribution is 7.18. The quantitative estimate of drug-likeness (QED) is 0.574. The van der Waals surface area contributed by atoms with Crippen molar-refractivity contribution < 1.29 is 10.0 Å². The molecular weight excluding hydrogens is 342 g/mol. The number of nitro benzene ring substituents is 1. The van der Waals surface area contributed by atoms with Gasteiger partial charge >= 0.3 is 0 Å². The number of nitrogens with one attached hydrogen (secondary N) is 1. The molecule has 1 aromatic carbocycles. The van der Waals surface area contributed by atoms with E-state index in [2.05, 4.69) is 9.97 Å². The summed E-state index contributed by atoms with van der Waals surface area (Å²) in [6.45, 7) is 0. The van der Waals surface area contributed by atoms with E-state index in [0.29, 0.717) is 21.6 Å². The molecular formula is C17H12N3O4S-. The minimum absolute atomic E-state index is 0.162. The molecule has 126 valence electrons. The van der Waals surface area contributed by atoms with Gasteiger partial charge in [-0.15, -0.1) is 11.3 Å². The average molecular weight is 354 g/mol. The van der Waals surface area contributed by atoms with Crippen LogP contribution in [0.3, 0.4) is 0 Å². The summed E-state index contributed by atoms with van der Waals surface area (Å²) < 4.78 is 0. The SMILES string of the molecule is O=c1[nH]c(/C=C/c2ccc([O-])c([N+](=O)[O-])c2)nc2sc3c(c12)CCC3. The second-order valence-electron chi connectivity index (χ2n) is 5.81. The van der Waals surface area contributed by atoms with Crippen molar-refractivity contribution in [3.63, 3.8) is 0 Å². The number of aromatic amines is 1. The van der Waals surface area contributed by atoms with Crippen LogP contribution in [0, 0.1) is 10.1 Å². The van der Waals surface area contributed by atoms with E-state index in [4.69, 9.17) is 0 Å². The molecule has 4 rings (SSSR count). The maximum atomic E-state index is 12.4. The van der Waals surface area contributed by atoms with Gasteiger partial charge in [-0.05, 0) is 42.2 Å². The highest BCUT2D eigenvalue weighted by atomic mass is 32.1. The van der Waals surface area contributed by atoms with Gasteiger partial charge in [-0.25, -0.2) is 4.98 Å². The highest BCUT2D eigenvalue weighted by Crippen LogP contribution is 2.34. The predicted molar refractivity (Wildman–Crippen MR) is 93.7 cm³/mol. The molecule has 1 aliphatic carbocycles. The van der Waals surface area contributed by atoms with E-state index in [0.717, 1.165) is 30.9 Å². The summed E-state index contributed by atoms with van der Waals surface area (Å²) in [6.07, 6.45) is 6.15. The molecule has 0 unspecified atom stereocenters. The van der Waals surface area contributed by atoms with Crippen LogP contribution in [0.4, 0.5) is 5.69 Å². The number of benzene rings is 1. The van der Waals surface area contributed by atoms with Crippen molar-refractivity contribution in [3.8, 4) is 5.75 Å². The van der Waals surface area contributed by atoms with Gasteiger partial charge in [-0.2, -0.15) is 0 Å². The highest BCUT2D eigenvalue weighted by Gasteiger charge is 2.20. The van der Waals surface area contributed by atoms with Gasteiger partial charge in [0.15, 0.2) is 0 Å². The fourth-order valence-electron chi connectivity index (χ4n) is 3.05. The van der Waals surface area contributed by atoms with E-state index in [1.54, 1.807) is 23.5 Å². The second kappa shape index (κ2) is 5.82. The van der Waals surface area contributed by atoms with Crippen LogP contribution in [0.2, 0.25) is 0 Å². The third kappa shape index (κ3) is 2.70. The molecule has 7 nitrogen and oxygen atoms in total. The van der Waals surface area contributed by atoms with Crippen molar-refractivity contribution in [2.45, 2.75) is 19.3 Å². The molecule has 0 atom stereocenters. The van der Waals surface area contributed by atoms with Crippen LogP contribution in [-0.2, 0) is 12.8 Å². The molecule has 3 aromatic rings. The van der Waals surface area contributed by atoms with Gasteiger partial charge in [-0.3, -0.25) is 14.9 Å². The number of aryl methyl sites for hydroxylation is 2. The first-order valence-electron chi connectivity index (χ1n) is 7.71. The van der Waals surface area contributed by atoms with Crippen LogP contribution in [0.1, 0.15) is 28.2 Å². The summed E-state index contributed by atoms with van der Waals surface area (Å²) in [6, 6.07) is 3.85. The summed E-state index contributed by atoms with van der Waals surface area (Å²) in [5.41, 5.74) is 0.965. The average Bonchev–Trinajstić information content (AvgIpc) is 3.14. The molecule has 1 N–H and O–H groups in total. The van der Waals surface area contributed by atoms with Crippen molar-refractivity contribution in [1.82, 2.24) is 9.97 Å². The van der Waals surface area contributed by atoms with Gasteiger partial charge in [-0.1, -0.05) is 18.2 Å². The normalized spacial score (nSPS) is 13.6. The number of fused-ring (bicyclic) bond motifs is 3. The minimum atomic E-state index is -0.709. The topological polar surface area (TPSA) is 112 Å². The first-order chi connectivity index (χ1) is 12.0. The second-order valence-corrected chi connectivity index (χ2v) is 6.89. The Kier molecular flexibility index (Phi) is 3.61. The van der Waals surface area contributed by atoms with Gasteiger partial charge < -0.3 is 10.1 Å². The smallest absolute Gasteiger partial charge is 0.262 e. The van der Waals surface area contributed by atoms with Gasteiger partial charge in [0.2, 0.25) is 0 Å². The molecule has 8 heteroatoms. The Hall–Kier alpha value is -3.00. The molecule has 0 amide bonds. The lowest BCUT2D eigenvalue weighted by Gasteiger charge is -2.06. The van der Waals surface area contributed by atoms with E-state index in [1.165, 1.54) is 17.0 Å². The lowest BCUT2D eigenvalue weighted by atomic mass is 10.1. The van der Waals surface area contributed by atoms with E-state index >= 15 is 0 Å². The van der Waals surface area contributed by atoms with Gasteiger partial charge in [0, 0.05) is 10.9 Å². The molecule has 1 aliphatic rings. The predicted octanol–water partition coefficient (Wildman–Crippen LogP) is 2.63. The van der Waals surface area contributed by atoms with Crippen LogP contribution in [0.15, 0.2) is 23.0 Å². The van der Waals surface area contributed by atoms with Crippen LogP contribution >= 0.6 is 11.3 Å². The Labute approximate surface area is 145 Å². The van der Waals surface area contributed by atoms with E-state index in [1.807, 2.05) is 0 Å². The Morgan fingerprint density at radius 2 is 2.12 bits per heavy atom. The molecule has 2 aromatic heterocycles. The summed E-state index contributed by atoms with van der Waals surface area (Å²) in [5, 5.41) is 22.9. The number of nitro groups is 1. The van der Waals surface area contributed by atoms with Crippen LogP contribution in [0.25, 0.3) is 22.4 Å². The third-order valence-electron chi connectivity index (χ3n) is 4.21. The van der Waals surface area contributed by atoms with E-state index in [-0.39, 0.29) is 5.56 Å². The Balaban J connectivity index is 1.71. The standard InChI is InChI=1S/C17H13N3O4S/c21-12-6-4-9(8-11(12)20(23)24)5-7-14-18-16(22)15-10-2-1-3-13(10)25-17(15)19-14/h4-8,21H,1-3H2,(H,18,19,22)/p-1/b7-5+. The number of nitrogens with zero attached hydrogens (tertiary/aromatic N) is 2. The molecule has 0 saturated heterocycles. The number of hydrogen-bond donors (Lipinski definition) is 1. The van der Waals surface area contributed by atoms with Crippen molar-refractivity contribution >= 4 is 39.4 Å². The number of thiophene rings is 1. The molecule has 0 fully saturated rings. The molecule has 0 bridgehead atoms. The maximum absolute atomic E-state index is 12.4. The van der Waals surface area contributed by atoms with Gasteiger partial charge in [0.25, 0.3) is 11.2 Å². The number of hydrogen-bond acceptors (Lipinski definition) is 6. The Morgan fingerprint density at radius 3 is 2.92 bits per heavy atom. The zero-order chi connectivity index (χ0) is 17.6. The minimum Gasteiger partial charge on any atom is -0.868 e. The van der Waals surface area contributed by atoms with Crippen LogP contribution in [-0.4, -0.2) is 14.9 Å². The molecule has 0 aliphatic heterocycles. The fraction of sp³-hybridized carbons (Fsp3) is 0.176. The summed E-state index contributed by atoms with van der Waals surface area (Å²) >= 11 is 1.55. The first kappa shape index (κ1) is 15.5. The number of rotatable bonds is 3. The zero-order valence-corrected chi connectivity index (χ0v) is 13.8. The molecule has 25 heavy (non-hydrogen) atoms. The summed E-state index contributed by atoms with van der Waals surface area (Å²) in [7, 11) is 0. The van der Waals surface area contributed by atoms with E-state index in [9.17, 15) is 20.0 Å². The van der Waals surface area contributed by atoms with Crippen molar-refractivity contribution in [2.24, 2.45) is 0 Å². The number of aromatic nitrogens is 2. The molecule has 0 saturated carbocycles. The zero-order valence-electron chi connectivity index (χ0n) is 12.9. The van der Waals surface area contributed by atoms with Crippen LogP contribution < -0.4 is 10.7 Å². The lowest BCUT2D eigenvalue weighted by molar-refractivity contribution is -0.398. The lowest BCUT2D eigenvalue weighted by Crippen LogP contribution is -2.09. The summed E-state index contributed by atoms with van der Waals surface area (Å²) in [5.74, 6) is -0.255. The van der Waals surface area contributed by atoms with Crippen molar-refractivity contribution in [3.05, 3.63) is 60.5 Å².